The predicted molar refractivity (Wildman–Crippen MR) is 109 cm³/mol. The van der Waals surface area contributed by atoms with E-state index in [1.54, 1.807) is 12.4 Å². The Kier molecular flexibility index (Phi) is 5.25. The van der Waals surface area contributed by atoms with E-state index in [0.29, 0.717) is 5.56 Å². The highest BCUT2D eigenvalue weighted by Crippen LogP contribution is 2.23. The van der Waals surface area contributed by atoms with Gasteiger partial charge in [0.1, 0.15) is 0 Å². The van der Waals surface area contributed by atoms with Crippen molar-refractivity contribution in [3.63, 3.8) is 0 Å². The van der Waals surface area contributed by atoms with Gasteiger partial charge in [-0.15, -0.1) is 0 Å². The van der Waals surface area contributed by atoms with Gasteiger partial charge in [-0.25, -0.2) is 0 Å². The van der Waals surface area contributed by atoms with Gasteiger partial charge in [-0.3, -0.25) is 9.78 Å². The van der Waals surface area contributed by atoms with Gasteiger partial charge >= 0.3 is 0 Å². The molecule has 0 atom stereocenters. The van der Waals surface area contributed by atoms with E-state index in [0.717, 1.165) is 52.4 Å². The average molecular weight is 365 g/mol. The van der Waals surface area contributed by atoms with E-state index in [4.69, 9.17) is 0 Å². The van der Waals surface area contributed by atoms with Crippen molar-refractivity contribution in [1.29, 1.82) is 0 Å². The fourth-order valence-corrected chi connectivity index (χ4v) is 3.78. The maximum Gasteiger partial charge on any atom is 0.255 e. The Morgan fingerprint density at radius 3 is 1.89 bits per heavy atom. The van der Waals surface area contributed by atoms with Gasteiger partial charge < -0.3 is 19.6 Å². The molecular weight excluding hydrogens is 338 g/mol. The molecule has 3 heterocycles. The lowest BCUT2D eigenvalue weighted by molar-refractivity contribution is 0.0746. The molecule has 1 aromatic heterocycles. The second kappa shape index (κ2) is 7.96. The van der Waals surface area contributed by atoms with Gasteiger partial charge in [-0.05, 0) is 43.4 Å². The van der Waals surface area contributed by atoms with Crippen LogP contribution in [0.15, 0.2) is 48.8 Å². The lowest BCUT2D eigenvalue weighted by atomic mass is 10.2. The van der Waals surface area contributed by atoms with Gasteiger partial charge in [0.15, 0.2) is 0 Å². The minimum atomic E-state index is 0.0770. The summed E-state index contributed by atoms with van der Waals surface area (Å²) in [7, 11) is 2.18. The Bertz CT molecular complexity index is 748. The molecule has 4 rings (SSSR count). The number of likely N-dealkylation sites (N-methyl/N-ethyl adjacent to an activating group) is 1. The number of benzene rings is 1. The number of aromatic nitrogens is 1. The largest absolute Gasteiger partial charge is 0.369 e. The summed E-state index contributed by atoms with van der Waals surface area (Å²) in [5.41, 5.74) is 3.21. The molecule has 0 N–H and O–H groups in total. The summed E-state index contributed by atoms with van der Waals surface area (Å²) in [6.07, 6.45) is 3.34. The third-order valence-electron chi connectivity index (χ3n) is 5.56. The lowest BCUT2D eigenvalue weighted by Gasteiger charge is -2.37. The van der Waals surface area contributed by atoms with Crippen molar-refractivity contribution in [2.24, 2.45) is 0 Å². The lowest BCUT2D eigenvalue weighted by Crippen LogP contribution is -2.48. The summed E-state index contributed by atoms with van der Waals surface area (Å²) < 4.78 is 0. The number of nitrogens with zero attached hydrogens (tertiary/aromatic N) is 5. The second-order valence-corrected chi connectivity index (χ2v) is 7.33. The number of anilines is 2. The van der Waals surface area contributed by atoms with E-state index in [1.165, 1.54) is 11.4 Å². The molecule has 6 nitrogen and oxygen atoms in total. The Balaban J connectivity index is 1.34. The number of carbonyl (C=O) groups is 1. The molecule has 142 valence electrons. The fraction of sp³-hybridized carbons (Fsp3) is 0.429. The van der Waals surface area contributed by atoms with Crippen molar-refractivity contribution in [2.75, 3.05) is 69.2 Å². The number of rotatable bonds is 3. The van der Waals surface area contributed by atoms with Crippen LogP contribution in [0.1, 0.15) is 10.4 Å². The molecule has 0 radical (unpaired) electrons. The van der Waals surface area contributed by atoms with E-state index in [-0.39, 0.29) is 5.91 Å². The van der Waals surface area contributed by atoms with Crippen LogP contribution in [0, 0.1) is 0 Å². The van der Waals surface area contributed by atoms with Gasteiger partial charge in [0.05, 0.1) is 5.56 Å². The normalized spacial score (nSPS) is 18.6. The van der Waals surface area contributed by atoms with Crippen molar-refractivity contribution in [2.45, 2.75) is 0 Å². The topological polar surface area (TPSA) is 42.9 Å². The van der Waals surface area contributed by atoms with Gasteiger partial charge in [0.2, 0.25) is 0 Å². The van der Waals surface area contributed by atoms with Crippen LogP contribution in [0.2, 0.25) is 0 Å². The SMILES string of the molecule is CN1CCN(c2ccc(N3CCN(C(=O)c4cccnc4)CC3)cc2)CC1. The van der Waals surface area contributed by atoms with E-state index in [1.807, 2.05) is 17.0 Å². The number of amides is 1. The molecule has 6 heteroatoms. The zero-order valence-electron chi connectivity index (χ0n) is 15.9. The minimum Gasteiger partial charge on any atom is -0.369 e. The number of carbonyl (C=O) groups excluding carboxylic acids is 1. The van der Waals surface area contributed by atoms with Crippen molar-refractivity contribution in [1.82, 2.24) is 14.8 Å². The zero-order chi connectivity index (χ0) is 18.6. The average Bonchev–Trinajstić information content (AvgIpc) is 2.75. The molecule has 27 heavy (non-hydrogen) atoms. The first-order valence-electron chi connectivity index (χ1n) is 9.68. The summed E-state index contributed by atoms with van der Waals surface area (Å²) in [5, 5.41) is 0. The van der Waals surface area contributed by atoms with Crippen molar-refractivity contribution in [3.8, 4) is 0 Å². The monoisotopic (exact) mass is 365 g/mol. The molecule has 1 aromatic carbocycles. The Morgan fingerprint density at radius 2 is 1.37 bits per heavy atom. The number of piperazine rings is 2. The number of pyridine rings is 1. The van der Waals surface area contributed by atoms with Crippen LogP contribution in [-0.4, -0.2) is 80.1 Å². The van der Waals surface area contributed by atoms with E-state index in [2.05, 4.69) is 51.0 Å². The molecule has 0 bridgehead atoms. The number of hydrogen-bond donors (Lipinski definition) is 0. The van der Waals surface area contributed by atoms with Crippen LogP contribution in [-0.2, 0) is 0 Å². The first-order valence-corrected chi connectivity index (χ1v) is 9.68. The number of hydrogen-bond acceptors (Lipinski definition) is 5. The van der Waals surface area contributed by atoms with Crippen molar-refractivity contribution >= 4 is 17.3 Å². The van der Waals surface area contributed by atoms with E-state index in [9.17, 15) is 4.79 Å². The van der Waals surface area contributed by atoms with Crippen molar-refractivity contribution in [3.05, 3.63) is 54.4 Å². The highest BCUT2D eigenvalue weighted by atomic mass is 16.2. The maximum absolute atomic E-state index is 12.5. The third kappa shape index (κ3) is 4.06. The molecule has 1 amide bonds. The second-order valence-electron chi connectivity index (χ2n) is 7.33. The van der Waals surface area contributed by atoms with Crippen LogP contribution < -0.4 is 9.80 Å². The molecule has 0 saturated carbocycles. The molecule has 0 spiro atoms. The van der Waals surface area contributed by atoms with Gasteiger partial charge in [-0.1, -0.05) is 0 Å². The van der Waals surface area contributed by atoms with E-state index < -0.39 is 0 Å². The third-order valence-corrected chi connectivity index (χ3v) is 5.56. The standard InChI is InChI=1S/C21H27N5O/c1-23-9-11-24(12-10-23)19-4-6-20(7-5-19)25-13-15-26(16-14-25)21(27)18-3-2-8-22-17-18/h2-8,17H,9-16H2,1H3. The Labute approximate surface area is 161 Å². The van der Waals surface area contributed by atoms with Gasteiger partial charge in [0.25, 0.3) is 5.91 Å². The van der Waals surface area contributed by atoms with Crippen LogP contribution >= 0.6 is 0 Å². The smallest absolute Gasteiger partial charge is 0.255 e. The fourth-order valence-electron chi connectivity index (χ4n) is 3.78. The predicted octanol–water partition coefficient (Wildman–Crippen LogP) is 1.80. The van der Waals surface area contributed by atoms with Gasteiger partial charge in [-0.2, -0.15) is 0 Å². The molecule has 0 unspecified atom stereocenters. The maximum atomic E-state index is 12.5. The summed E-state index contributed by atoms with van der Waals surface area (Å²) in [6.45, 7) is 7.63. The molecule has 0 aliphatic carbocycles. The van der Waals surface area contributed by atoms with Crippen LogP contribution in [0.25, 0.3) is 0 Å². The molecule has 2 fully saturated rings. The quantitative estimate of drug-likeness (QED) is 0.830. The highest BCUT2D eigenvalue weighted by Gasteiger charge is 2.22. The Morgan fingerprint density at radius 1 is 0.815 bits per heavy atom. The van der Waals surface area contributed by atoms with E-state index >= 15 is 0 Å². The summed E-state index contributed by atoms with van der Waals surface area (Å²) in [5.74, 6) is 0.0770. The summed E-state index contributed by atoms with van der Waals surface area (Å²) in [6, 6.07) is 12.5. The van der Waals surface area contributed by atoms with Gasteiger partial charge in [0, 0.05) is 76.1 Å². The molecule has 2 aliphatic rings. The zero-order valence-corrected chi connectivity index (χ0v) is 15.9. The molecule has 2 saturated heterocycles. The molecule has 2 aliphatic heterocycles. The van der Waals surface area contributed by atoms with Crippen molar-refractivity contribution < 1.29 is 4.79 Å². The molecule has 2 aromatic rings. The highest BCUT2D eigenvalue weighted by molar-refractivity contribution is 5.94. The van der Waals surface area contributed by atoms with Crippen LogP contribution in [0.4, 0.5) is 11.4 Å². The Hall–Kier alpha value is -2.60. The summed E-state index contributed by atoms with van der Waals surface area (Å²) >= 11 is 0. The molecular formula is C21H27N5O. The van der Waals surface area contributed by atoms with Crippen LogP contribution in [0.5, 0.6) is 0 Å². The first kappa shape index (κ1) is 17.8. The van der Waals surface area contributed by atoms with Crippen LogP contribution in [0.3, 0.4) is 0 Å². The first-order chi connectivity index (χ1) is 13.2. The summed E-state index contributed by atoms with van der Waals surface area (Å²) in [4.78, 5) is 25.7. The minimum absolute atomic E-state index is 0.0770.